The molecule has 0 radical (unpaired) electrons. The van der Waals surface area contributed by atoms with E-state index in [1.807, 2.05) is 13.0 Å². The van der Waals surface area contributed by atoms with Gasteiger partial charge in [0.15, 0.2) is 5.96 Å². The van der Waals surface area contributed by atoms with E-state index < -0.39 is 0 Å². The summed E-state index contributed by atoms with van der Waals surface area (Å²) in [6, 6.07) is 16.9. The Morgan fingerprint density at radius 2 is 1.35 bits per heavy atom. The maximum Gasteiger partial charge on any atom is 0.191 e. The van der Waals surface area contributed by atoms with Crippen molar-refractivity contribution in [3.05, 3.63) is 70.8 Å². The first-order chi connectivity index (χ1) is 12.3. The first kappa shape index (κ1) is 22.4. The molecule has 0 heterocycles. The molecule has 0 aromatic heterocycles. The Labute approximate surface area is 174 Å². The van der Waals surface area contributed by atoms with E-state index in [0.717, 1.165) is 32.1 Å². The Bertz CT molecular complexity index is 688. The van der Waals surface area contributed by atoms with Crippen molar-refractivity contribution >= 4 is 29.9 Å². The van der Waals surface area contributed by atoms with E-state index in [-0.39, 0.29) is 24.0 Å². The van der Waals surface area contributed by atoms with Gasteiger partial charge in [-0.05, 0) is 35.6 Å². The molecule has 0 atom stereocenters. The van der Waals surface area contributed by atoms with Crippen LogP contribution in [0.4, 0.5) is 0 Å². The predicted octanol–water partition coefficient (Wildman–Crippen LogP) is 4.27. The Balaban J connectivity index is 0.00000338. The van der Waals surface area contributed by atoms with Gasteiger partial charge in [-0.1, -0.05) is 55.5 Å². The summed E-state index contributed by atoms with van der Waals surface area (Å²) < 4.78 is 5.55. The number of halogens is 1. The monoisotopic (exact) mass is 467 g/mol. The summed E-state index contributed by atoms with van der Waals surface area (Å²) in [5, 5.41) is 6.79. The third-order valence-corrected chi connectivity index (χ3v) is 4.20. The molecule has 0 unspecified atom stereocenters. The molecule has 2 aromatic carbocycles. The summed E-state index contributed by atoms with van der Waals surface area (Å²) in [7, 11) is 1.80. The van der Waals surface area contributed by atoms with E-state index in [1.165, 1.54) is 22.3 Å². The van der Waals surface area contributed by atoms with Crippen molar-refractivity contribution in [3.63, 3.8) is 0 Å². The maximum atomic E-state index is 5.55. The molecule has 0 saturated carbocycles. The first-order valence-corrected chi connectivity index (χ1v) is 8.94. The standard InChI is InChI=1S/C21H29N3O.HI/c1-4-17-10-6-7-11-18(17)14-23-21(22-3)24-15-19-12-8-9-13-20(19)16-25-5-2;/h6-13H,4-5,14-16H2,1-3H3,(H2,22,23,24);1H. The van der Waals surface area contributed by atoms with Crippen LogP contribution in [-0.4, -0.2) is 19.6 Å². The topological polar surface area (TPSA) is 45.6 Å². The number of aryl methyl sites for hydroxylation is 1. The molecular weight excluding hydrogens is 437 g/mol. The minimum Gasteiger partial charge on any atom is -0.377 e. The van der Waals surface area contributed by atoms with Crippen LogP contribution < -0.4 is 10.6 Å². The summed E-state index contributed by atoms with van der Waals surface area (Å²) in [6.45, 7) is 7.05. The van der Waals surface area contributed by atoms with E-state index in [0.29, 0.717) is 6.61 Å². The number of nitrogens with zero attached hydrogens (tertiary/aromatic N) is 1. The summed E-state index contributed by atoms with van der Waals surface area (Å²) in [6.07, 6.45) is 1.04. The van der Waals surface area contributed by atoms with Gasteiger partial charge >= 0.3 is 0 Å². The van der Waals surface area contributed by atoms with E-state index >= 15 is 0 Å². The fourth-order valence-corrected chi connectivity index (χ4v) is 2.74. The number of aliphatic imine (C=N–C) groups is 1. The molecule has 0 aliphatic rings. The van der Waals surface area contributed by atoms with Crippen LogP contribution in [0.25, 0.3) is 0 Å². The molecule has 0 amide bonds. The van der Waals surface area contributed by atoms with Crippen molar-refractivity contribution in [1.29, 1.82) is 0 Å². The van der Waals surface area contributed by atoms with Crippen LogP contribution in [0.5, 0.6) is 0 Å². The zero-order valence-electron chi connectivity index (χ0n) is 15.9. The van der Waals surface area contributed by atoms with Gasteiger partial charge in [-0.25, -0.2) is 0 Å². The van der Waals surface area contributed by atoms with Crippen LogP contribution in [0.2, 0.25) is 0 Å². The summed E-state index contributed by atoms with van der Waals surface area (Å²) in [4.78, 5) is 4.33. The van der Waals surface area contributed by atoms with Crippen LogP contribution in [0.1, 0.15) is 36.1 Å². The highest BCUT2D eigenvalue weighted by Gasteiger charge is 2.05. The molecule has 0 saturated heterocycles. The van der Waals surface area contributed by atoms with Gasteiger partial charge in [-0.2, -0.15) is 0 Å². The first-order valence-electron chi connectivity index (χ1n) is 8.94. The van der Waals surface area contributed by atoms with Gasteiger partial charge in [0.1, 0.15) is 0 Å². The SMILES string of the molecule is CCOCc1ccccc1CNC(=NC)NCc1ccccc1CC.I. The zero-order chi connectivity index (χ0) is 17.9. The molecule has 2 rings (SSSR count). The summed E-state index contributed by atoms with van der Waals surface area (Å²) in [5.41, 5.74) is 5.12. The molecule has 2 N–H and O–H groups in total. The largest absolute Gasteiger partial charge is 0.377 e. The molecule has 0 bridgehead atoms. The number of guanidine groups is 1. The Morgan fingerprint density at radius 3 is 1.85 bits per heavy atom. The van der Waals surface area contributed by atoms with E-state index in [9.17, 15) is 0 Å². The van der Waals surface area contributed by atoms with Gasteiger partial charge in [0.05, 0.1) is 6.61 Å². The molecule has 0 aliphatic carbocycles. The number of hydrogen-bond donors (Lipinski definition) is 2. The third kappa shape index (κ3) is 6.96. The van der Waals surface area contributed by atoms with Crippen molar-refractivity contribution in [3.8, 4) is 0 Å². The van der Waals surface area contributed by atoms with Crippen LogP contribution in [0.15, 0.2) is 53.5 Å². The average molecular weight is 467 g/mol. The second kappa shape index (κ2) is 12.7. The lowest BCUT2D eigenvalue weighted by molar-refractivity contribution is 0.133. The highest BCUT2D eigenvalue weighted by molar-refractivity contribution is 14.0. The summed E-state index contributed by atoms with van der Waals surface area (Å²) >= 11 is 0. The lowest BCUT2D eigenvalue weighted by Gasteiger charge is -2.15. The van der Waals surface area contributed by atoms with Crippen molar-refractivity contribution in [2.24, 2.45) is 4.99 Å². The molecule has 4 nitrogen and oxygen atoms in total. The molecule has 0 spiro atoms. The van der Waals surface area contributed by atoms with E-state index in [2.05, 4.69) is 65.0 Å². The molecular formula is C21H30IN3O. The third-order valence-electron chi connectivity index (χ3n) is 4.20. The average Bonchev–Trinajstić information content (AvgIpc) is 2.67. The quantitative estimate of drug-likeness (QED) is 0.346. The Kier molecular flexibility index (Phi) is 11.0. The van der Waals surface area contributed by atoms with Crippen molar-refractivity contribution < 1.29 is 4.74 Å². The molecule has 142 valence electrons. The highest BCUT2D eigenvalue weighted by Crippen LogP contribution is 2.11. The highest BCUT2D eigenvalue weighted by atomic mass is 127. The smallest absolute Gasteiger partial charge is 0.191 e. The minimum absolute atomic E-state index is 0. The zero-order valence-corrected chi connectivity index (χ0v) is 18.2. The van der Waals surface area contributed by atoms with Gasteiger partial charge in [0.25, 0.3) is 0 Å². The molecule has 0 fully saturated rings. The number of hydrogen-bond acceptors (Lipinski definition) is 2. The normalized spacial score (nSPS) is 11.0. The second-order valence-electron chi connectivity index (χ2n) is 5.81. The van der Waals surface area contributed by atoms with Crippen molar-refractivity contribution in [2.45, 2.75) is 40.0 Å². The Morgan fingerprint density at radius 1 is 0.846 bits per heavy atom. The van der Waals surface area contributed by atoms with Gasteiger partial charge in [-0.3, -0.25) is 4.99 Å². The predicted molar refractivity (Wildman–Crippen MR) is 120 cm³/mol. The van der Waals surface area contributed by atoms with Gasteiger partial charge in [-0.15, -0.1) is 24.0 Å². The Hall–Kier alpha value is -1.60. The van der Waals surface area contributed by atoms with Crippen LogP contribution >= 0.6 is 24.0 Å². The van der Waals surface area contributed by atoms with Gasteiger partial charge in [0, 0.05) is 26.7 Å². The summed E-state index contributed by atoms with van der Waals surface area (Å²) in [5.74, 6) is 0.803. The van der Waals surface area contributed by atoms with Gasteiger partial charge < -0.3 is 15.4 Å². The number of rotatable bonds is 8. The molecule has 26 heavy (non-hydrogen) atoms. The van der Waals surface area contributed by atoms with Crippen molar-refractivity contribution in [2.75, 3.05) is 13.7 Å². The lowest BCUT2D eigenvalue weighted by atomic mass is 10.1. The van der Waals surface area contributed by atoms with E-state index in [1.54, 1.807) is 7.05 Å². The van der Waals surface area contributed by atoms with Crippen LogP contribution in [0.3, 0.4) is 0 Å². The molecule has 2 aromatic rings. The molecule has 0 aliphatic heterocycles. The lowest BCUT2D eigenvalue weighted by Crippen LogP contribution is -2.36. The second-order valence-corrected chi connectivity index (χ2v) is 5.81. The number of ether oxygens (including phenoxy) is 1. The van der Waals surface area contributed by atoms with Gasteiger partial charge in [0.2, 0.25) is 0 Å². The minimum atomic E-state index is 0. The fourth-order valence-electron chi connectivity index (χ4n) is 2.74. The molecule has 5 heteroatoms. The number of nitrogens with one attached hydrogen (secondary N) is 2. The van der Waals surface area contributed by atoms with Crippen molar-refractivity contribution in [1.82, 2.24) is 10.6 Å². The number of benzene rings is 2. The fraction of sp³-hybridized carbons (Fsp3) is 0.381. The van der Waals surface area contributed by atoms with Crippen LogP contribution in [0, 0.1) is 0 Å². The van der Waals surface area contributed by atoms with E-state index in [4.69, 9.17) is 4.74 Å². The van der Waals surface area contributed by atoms with Crippen LogP contribution in [-0.2, 0) is 30.9 Å². The maximum absolute atomic E-state index is 5.55.